The molecule has 0 aliphatic heterocycles. The molecular formula is C8H11F3O3Pt. The van der Waals surface area contributed by atoms with Crippen molar-refractivity contribution in [3.63, 3.8) is 0 Å². The molecule has 0 aromatic heterocycles. The molecule has 92 valence electrons. The Morgan fingerprint density at radius 2 is 1.27 bits per heavy atom. The zero-order chi connectivity index (χ0) is 11.9. The molecule has 0 heterocycles. The van der Waals surface area contributed by atoms with Crippen molar-refractivity contribution < 1.29 is 48.6 Å². The van der Waals surface area contributed by atoms with Crippen LogP contribution in [0.4, 0.5) is 13.2 Å². The Bertz CT molecular complexity index is 232. The fraction of sp³-hybridized carbons (Fsp3) is 0.625. The molecule has 0 amide bonds. The standard InChI is InChI=1S/C5H5F3O2.C3H6O.Pt/c1-3(9)2-4(10)5(6,7)8;1-3(2)4;/h2H2,1H3;1-2H3;. The number of halogens is 3. The van der Waals surface area contributed by atoms with Gasteiger partial charge in [0, 0.05) is 21.1 Å². The van der Waals surface area contributed by atoms with Crippen molar-refractivity contribution in [3.8, 4) is 0 Å². The van der Waals surface area contributed by atoms with Crippen LogP contribution in [0.15, 0.2) is 0 Å². The number of hydrogen-bond acceptors (Lipinski definition) is 3. The quantitative estimate of drug-likeness (QED) is 0.655. The van der Waals surface area contributed by atoms with Gasteiger partial charge < -0.3 is 4.79 Å². The van der Waals surface area contributed by atoms with Crippen LogP contribution in [0.25, 0.3) is 0 Å². The molecular weight excluding hydrogens is 396 g/mol. The van der Waals surface area contributed by atoms with Gasteiger partial charge in [-0.3, -0.25) is 9.59 Å². The number of alkyl halides is 3. The van der Waals surface area contributed by atoms with E-state index in [2.05, 4.69) is 0 Å². The molecule has 0 aliphatic rings. The second-order valence-electron chi connectivity index (χ2n) is 2.71. The van der Waals surface area contributed by atoms with E-state index in [0.29, 0.717) is 0 Å². The average molecular weight is 407 g/mol. The van der Waals surface area contributed by atoms with Crippen LogP contribution >= 0.6 is 0 Å². The SMILES string of the molecule is CC(=O)CC(=O)C(F)(F)F.CC(C)=O.[Pt]. The molecule has 0 unspecified atom stereocenters. The Hall–Kier alpha value is -0.512. The summed E-state index contributed by atoms with van der Waals surface area (Å²) in [5, 5.41) is 0. The van der Waals surface area contributed by atoms with Gasteiger partial charge in [0.2, 0.25) is 5.78 Å². The summed E-state index contributed by atoms with van der Waals surface area (Å²) in [5.41, 5.74) is 0. The van der Waals surface area contributed by atoms with Crippen molar-refractivity contribution >= 4 is 17.3 Å². The maximum Gasteiger partial charge on any atom is 0.450 e. The number of hydrogen-bond donors (Lipinski definition) is 0. The first-order valence-electron chi connectivity index (χ1n) is 3.64. The molecule has 0 rings (SSSR count). The molecule has 0 aromatic rings. The smallest absolute Gasteiger partial charge is 0.300 e. The van der Waals surface area contributed by atoms with E-state index >= 15 is 0 Å². The molecule has 0 radical (unpaired) electrons. The second kappa shape index (κ2) is 8.77. The minimum absolute atomic E-state index is 0. The Labute approximate surface area is 99.7 Å². The van der Waals surface area contributed by atoms with Crippen molar-refractivity contribution in [1.82, 2.24) is 0 Å². The van der Waals surface area contributed by atoms with Crippen LogP contribution in [0.5, 0.6) is 0 Å². The van der Waals surface area contributed by atoms with Gasteiger partial charge in [0.25, 0.3) is 0 Å². The van der Waals surface area contributed by atoms with E-state index in [4.69, 9.17) is 0 Å². The van der Waals surface area contributed by atoms with Crippen LogP contribution in [-0.4, -0.2) is 23.5 Å². The van der Waals surface area contributed by atoms with Crippen LogP contribution in [0.2, 0.25) is 0 Å². The van der Waals surface area contributed by atoms with Crippen LogP contribution in [0.3, 0.4) is 0 Å². The van der Waals surface area contributed by atoms with Crippen LogP contribution < -0.4 is 0 Å². The van der Waals surface area contributed by atoms with Crippen LogP contribution in [0.1, 0.15) is 27.2 Å². The Morgan fingerprint density at radius 3 is 1.33 bits per heavy atom. The normalized spacial score (nSPS) is 9.20. The van der Waals surface area contributed by atoms with Gasteiger partial charge in [0.05, 0.1) is 6.42 Å². The van der Waals surface area contributed by atoms with E-state index in [1.165, 1.54) is 13.8 Å². The van der Waals surface area contributed by atoms with Crippen LogP contribution in [0, 0.1) is 0 Å². The predicted molar refractivity (Wildman–Crippen MR) is 42.7 cm³/mol. The van der Waals surface area contributed by atoms with Gasteiger partial charge >= 0.3 is 6.18 Å². The molecule has 3 nitrogen and oxygen atoms in total. The zero-order valence-electron chi connectivity index (χ0n) is 8.38. The summed E-state index contributed by atoms with van der Waals surface area (Å²) >= 11 is 0. The van der Waals surface area contributed by atoms with Crippen molar-refractivity contribution in [3.05, 3.63) is 0 Å². The van der Waals surface area contributed by atoms with Crippen molar-refractivity contribution in [2.45, 2.75) is 33.4 Å². The number of ketones is 3. The van der Waals surface area contributed by atoms with Gasteiger partial charge in [-0.2, -0.15) is 13.2 Å². The third-order valence-electron chi connectivity index (χ3n) is 0.726. The topological polar surface area (TPSA) is 51.2 Å². The molecule has 0 spiro atoms. The third kappa shape index (κ3) is 19.8. The molecule has 15 heavy (non-hydrogen) atoms. The Morgan fingerprint density at radius 1 is 1.00 bits per heavy atom. The largest absolute Gasteiger partial charge is 0.450 e. The molecule has 0 bridgehead atoms. The summed E-state index contributed by atoms with van der Waals surface area (Å²) in [6.07, 6.45) is -5.92. The molecule has 0 aliphatic carbocycles. The number of rotatable bonds is 2. The Balaban J connectivity index is -0.000000249. The van der Waals surface area contributed by atoms with Gasteiger partial charge in [-0.25, -0.2) is 0 Å². The summed E-state index contributed by atoms with van der Waals surface area (Å²) in [6.45, 7) is 3.99. The fourth-order valence-corrected chi connectivity index (χ4v) is 0.326. The molecule has 0 aromatic carbocycles. The van der Waals surface area contributed by atoms with Gasteiger partial charge in [-0.1, -0.05) is 0 Å². The molecule has 0 N–H and O–H groups in total. The van der Waals surface area contributed by atoms with Crippen molar-refractivity contribution in [2.75, 3.05) is 0 Å². The summed E-state index contributed by atoms with van der Waals surface area (Å²) < 4.78 is 33.9. The molecule has 0 saturated carbocycles. The van der Waals surface area contributed by atoms with Crippen LogP contribution in [-0.2, 0) is 35.4 Å². The van der Waals surface area contributed by atoms with E-state index in [-0.39, 0.29) is 26.8 Å². The Kier molecular flexibility index (Phi) is 11.7. The van der Waals surface area contributed by atoms with E-state index in [1.54, 1.807) is 0 Å². The summed E-state index contributed by atoms with van der Waals surface area (Å²) in [6, 6.07) is 0. The third-order valence-corrected chi connectivity index (χ3v) is 0.726. The molecule has 0 atom stereocenters. The summed E-state index contributed by atoms with van der Waals surface area (Å²) in [4.78, 5) is 29.4. The number of carbonyl (C=O) groups excluding carboxylic acids is 3. The van der Waals surface area contributed by atoms with Gasteiger partial charge in [-0.15, -0.1) is 0 Å². The summed E-state index contributed by atoms with van der Waals surface area (Å²) in [5.74, 6) is -2.60. The molecule has 0 saturated heterocycles. The van der Waals surface area contributed by atoms with Gasteiger partial charge in [0.15, 0.2) is 0 Å². The number of carbonyl (C=O) groups is 3. The van der Waals surface area contributed by atoms with Crippen molar-refractivity contribution in [2.24, 2.45) is 0 Å². The minimum atomic E-state index is -4.87. The van der Waals surface area contributed by atoms with E-state index < -0.39 is 24.2 Å². The van der Waals surface area contributed by atoms with E-state index in [0.717, 1.165) is 6.92 Å². The monoisotopic (exact) mass is 407 g/mol. The zero-order valence-corrected chi connectivity index (χ0v) is 10.7. The van der Waals surface area contributed by atoms with Crippen molar-refractivity contribution in [1.29, 1.82) is 0 Å². The minimum Gasteiger partial charge on any atom is -0.300 e. The first-order valence-corrected chi connectivity index (χ1v) is 3.64. The fourth-order valence-electron chi connectivity index (χ4n) is 0.326. The average Bonchev–Trinajstić information content (AvgIpc) is 1.81. The maximum atomic E-state index is 11.3. The van der Waals surface area contributed by atoms with Gasteiger partial charge in [-0.05, 0) is 20.8 Å². The van der Waals surface area contributed by atoms with E-state index in [1.807, 2.05) is 0 Å². The van der Waals surface area contributed by atoms with Gasteiger partial charge in [0.1, 0.15) is 11.6 Å². The maximum absolute atomic E-state index is 11.3. The second-order valence-corrected chi connectivity index (χ2v) is 2.71. The molecule has 7 heteroatoms. The summed E-state index contributed by atoms with van der Waals surface area (Å²) in [7, 11) is 0. The first-order chi connectivity index (χ1) is 6.07. The molecule has 0 fully saturated rings. The first kappa shape index (κ1) is 20.0. The van der Waals surface area contributed by atoms with E-state index in [9.17, 15) is 27.6 Å². The predicted octanol–water partition coefficient (Wildman–Crippen LogP) is 1.69. The number of Topliss-reactive ketones (excluding diaryl/α,β-unsaturated/α-hetero) is 3.